The van der Waals surface area contributed by atoms with E-state index in [9.17, 15) is 9.59 Å². The summed E-state index contributed by atoms with van der Waals surface area (Å²) in [5.74, 6) is -0.982. The summed E-state index contributed by atoms with van der Waals surface area (Å²) in [6, 6.07) is 3.18. The van der Waals surface area contributed by atoms with Crippen LogP contribution in [-0.4, -0.2) is 46.5 Å². The van der Waals surface area contributed by atoms with Gasteiger partial charge in [-0.3, -0.25) is 14.3 Å². The fraction of sp³-hybridized carbons (Fsp3) is 0.444. The van der Waals surface area contributed by atoms with E-state index < -0.39 is 17.1 Å². The van der Waals surface area contributed by atoms with Gasteiger partial charge in [0.2, 0.25) is 5.78 Å². The Morgan fingerprint density at radius 2 is 2.21 bits per heavy atom. The number of hydrogen-bond donors (Lipinski definition) is 1. The summed E-state index contributed by atoms with van der Waals surface area (Å²) in [7, 11) is 1.54. The maximum atomic E-state index is 12.8. The summed E-state index contributed by atoms with van der Waals surface area (Å²) < 4.78 is 18.7. The Labute approximate surface area is 180 Å². The number of nitrogens with one attached hydrogen (secondary N) is 1. The van der Waals surface area contributed by atoms with Gasteiger partial charge < -0.3 is 19.3 Å². The van der Waals surface area contributed by atoms with Crippen molar-refractivity contribution in [3.8, 4) is 0 Å². The molecule has 2 unspecified atom stereocenters. The highest BCUT2D eigenvalue weighted by atomic mass is 79.9. The van der Waals surface area contributed by atoms with Crippen molar-refractivity contribution in [1.29, 1.82) is 0 Å². The van der Waals surface area contributed by atoms with E-state index in [2.05, 4.69) is 21.0 Å². The highest BCUT2D eigenvalue weighted by Gasteiger charge is 2.36. The molecule has 0 saturated carbocycles. The molecule has 1 fully saturated rings. The van der Waals surface area contributed by atoms with Crippen LogP contribution in [-0.2, 0) is 27.9 Å². The molecule has 2 atom stereocenters. The van der Waals surface area contributed by atoms with Gasteiger partial charge in [-0.05, 0) is 35.0 Å². The normalized spacial score (nSPS) is 22.0. The minimum atomic E-state index is -0.803. The van der Waals surface area contributed by atoms with Gasteiger partial charge in [0.15, 0.2) is 5.79 Å². The summed E-state index contributed by atoms with van der Waals surface area (Å²) in [6.07, 6.45) is 1.14. The summed E-state index contributed by atoms with van der Waals surface area (Å²) in [6.45, 7) is 2.59. The number of carbonyl (C=O) groups excluding carboxylic acids is 1. The maximum absolute atomic E-state index is 12.8. The lowest BCUT2D eigenvalue weighted by Crippen LogP contribution is -2.29. The van der Waals surface area contributed by atoms with E-state index in [1.54, 1.807) is 26.1 Å². The first-order valence-corrected chi connectivity index (χ1v) is 10.2. The number of benzene rings is 1. The van der Waals surface area contributed by atoms with Crippen LogP contribution in [0.15, 0.2) is 27.6 Å². The maximum Gasteiger partial charge on any atom is 0.277 e. The van der Waals surface area contributed by atoms with E-state index in [0.717, 1.165) is 0 Å². The van der Waals surface area contributed by atoms with Crippen LogP contribution in [0.25, 0.3) is 0 Å². The van der Waals surface area contributed by atoms with Gasteiger partial charge in [-0.15, -0.1) is 11.6 Å². The summed E-state index contributed by atoms with van der Waals surface area (Å²) in [5.41, 5.74) is 0.591. The van der Waals surface area contributed by atoms with Gasteiger partial charge in [-0.25, -0.2) is 0 Å². The van der Waals surface area contributed by atoms with Gasteiger partial charge in [0.05, 0.1) is 25.7 Å². The molecule has 10 heteroatoms. The number of aromatic nitrogens is 2. The molecule has 1 saturated heterocycles. The molecule has 0 aliphatic carbocycles. The molecule has 1 aliphatic rings. The first-order chi connectivity index (χ1) is 13.3. The highest BCUT2D eigenvalue weighted by molar-refractivity contribution is 9.10. The zero-order valence-electron chi connectivity index (χ0n) is 15.3. The summed E-state index contributed by atoms with van der Waals surface area (Å²) >= 11 is 15.5. The topological polar surface area (TPSA) is 82.6 Å². The average molecular weight is 494 g/mol. The largest absolute Gasteiger partial charge is 0.374 e. The van der Waals surface area contributed by atoms with Crippen LogP contribution >= 0.6 is 39.1 Å². The molecule has 1 aromatic carbocycles. The number of aryl methyl sites for hydroxylation is 1. The van der Waals surface area contributed by atoms with Gasteiger partial charge in [0.25, 0.3) is 5.56 Å². The summed E-state index contributed by atoms with van der Waals surface area (Å²) in [4.78, 5) is 24.8. The number of halogens is 3. The van der Waals surface area contributed by atoms with Gasteiger partial charge in [-0.2, -0.15) is 0 Å². The van der Waals surface area contributed by atoms with Crippen LogP contribution in [0.1, 0.15) is 28.4 Å². The molecule has 1 N–H and O–H groups in total. The fourth-order valence-electron chi connectivity index (χ4n) is 2.81. The first kappa shape index (κ1) is 21.5. The average Bonchev–Trinajstić information content (AvgIpc) is 3.21. The van der Waals surface area contributed by atoms with E-state index in [1.807, 2.05) is 0 Å². The minimum Gasteiger partial charge on any atom is -0.374 e. The Kier molecular flexibility index (Phi) is 6.69. The standard InChI is InChI=1S/C18H19BrCl2N2O5/c1-18(9-20)27-7-10(28-18)6-26-8-13-14(21)4-3-11(15(13)19)16(24)12-5-22-23(2)17(12)25/h3-5,10,22H,6-9H2,1-2H3. The minimum absolute atomic E-state index is 0.0502. The van der Waals surface area contributed by atoms with Crippen molar-refractivity contribution in [1.82, 2.24) is 9.78 Å². The van der Waals surface area contributed by atoms with E-state index in [-0.39, 0.29) is 30.8 Å². The number of rotatable bonds is 7. The van der Waals surface area contributed by atoms with Gasteiger partial charge >= 0.3 is 0 Å². The number of H-pyrrole nitrogens is 1. The molecule has 7 nitrogen and oxygen atoms in total. The smallest absolute Gasteiger partial charge is 0.277 e. The first-order valence-electron chi connectivity index (χ1n) is 8.47. The number of ether oxygens (including phenoxy) is 3. The third-order valence-electron chi connectivity index (χ3n) is 4.40. The van der Waals surface area contributed by atoms with Gasteiger partial charge in [0.1, 0.15) is 11.7 Å². The molecule has 0 amide bonds. The predicted octanol–water partition coefficient (Wildman–Crippen LogP) is 3.25. The van der Waals surface area contributed by atoms with E-state index >= 15 is 0 Å². The molecule has 2 aromatic rings. The van der Waals surface area contributed by atoms with Crippen LogP contribution < -0.4 is 5.56 Å². The predicted molar refractivity (Wildman–Crippen MR) is 108 cm³/mol. The summed E-state index contributed by atoms with van der Waals surface area (Å²) in [5, 5.41) is 3.14. The monoisotopic (exact) mass is 492 g/mol. The van der Waals surface area contributed by atoms with E-state index in [4.69, 9.17) is 37.4 Å². The Hall–Kier alpha value is -1.16. The third kappa shape index (κ3) is 4.37. The lowest BCUT2D eigenvalue weighted by Gasteiger charge is -2.20. The van der Waals surface area contributed by atoms with Crippen LogP contribution in [0.2, 0.25) is 5.02 Å². The molecular weight excluding hydrogens is 475 g/mol. The highest BCUT2D eigenvalue weighted by Crippen LogP contribution is 2.31. The molecule has 2 heterocycles. The second kappa shape index (κ2) is 8.69. The van der Waals surface area contributed by atoms with Gasteiger partial charge in [-0.1, -0.05) is 11.6 Å². The van der Waals surface area contributed by atoms with Crippen molar-refractivity contribution < 1.29 is 19.0 Å². The number of carbonyl (C=O) groups is 1. The number of nitrogens with zero attached hydrogens (tertiary/aromatic N) is 1. The fourth-order valence-corrected chi connectivity index (χ4v) is 3.92. The molecule has 0 spiro atoms. The Bertz CT molecular complexity index is 945. The molecule has 28 heavy (non-hydrogen) atoms. The van der Waals surface area contributed by atoms with Crippen LogP contribution in [0, 0.1) is 0 Å². The number of aromatic amines is 1. The quantitative estimate of drug-likeness (QED) is 0.473. The van der Waals surface area contributed by atoms with Crippen LogP contribution in [0.3, 0.4) is 0 Å². The lowest BCUT2D eigenvalue weighted by molar-refractivity contribution is -0.142. The van der Waals surface area contributed by atoms with Crippen molar-refractivity contribution in [3.05, 3.63) is 54.9 Å². The van der Waals surface area contributed by atoms with Crippen LogP contribution in [0.5, 0.6) is 0 Å². The molecule has 0 bridgehead atoms. The lowest BCUT2D eigenvalue weighted by atomic mass is 10.0. The Morgan fingerprint density at radius 3 is 2.82 bits per heavy atom. The van der Waals surface area contributed by atoms with Crippen molar-refractivity contribution in [2.75, 3.05) is 19.1 Å². The van der Waals surface area contributed by atoms with Crippen molar-refractivity contribution >= 4 is 44.9 Å². The van der Waals surface area contributed by atoms with E-state index in [0.29, 0.717) is 27.2 Å². The molecule has 152 valence electrons. The number of ketones is 1. The van der Waals surface area contributed by atoms with Crippen molar-refractivity contribution in [2.24, 2.45) is 7.05 Å². The zero-order valence-corrected chi connectivity index (χ0v) is 18.4. The van der Waals surface area contributed by atoms with Crippen molar-refractivity contribution in [2.45, 2.75) is 25.4 Å². The second-order valence-corrected chi connectivity index (χ2v) is 8.07. The Morgan fingerprint density at radius 1 is 1.46 bits per heavy atom. The second-order valence-electron chi connectivity index (χ2n) is 6.60. The zero-order chi connectivity index (χ0) is 20.5. The molecule has 1 aliphatic heterocycles. The third-order valence-corrected chi connectivity index (χ3v) is 6.14. The molecule has 3 rings (SSSR count). The molecule has 1 aromatic heterocycles. The van der Waals surface area contributed by atoms with E-state index in [1.165, 1.54) is 10.9 Å². The molecular formula is C18H19BrCl2N2O5. The Balaban J connectivity index is 1.72. The van der Waals surface area contributed by atoms with Crippen molar-refractivity contribution in [3.63, 3.8) is 0 Å². The molecule has 0 radical (unpaired) electrons. The number of hydrogen-bond acceptors (Lipinski definition) is 5. The van der Waals surface area contributed by atoms with Gasteiger partial charge in [0, 0.05) is 33.9 Å². The number of alkyl halides is 1. The SMILES string of the molecule is Cn1[nH]cc(C(=O)c2ccc(Cl)c(COCC3COC(C)(CCl)O3)c2Br)c1=O. The van der Waals surface area contributed by atoms with Crippen LogP contribution in [0.4, 0.5) is 0 Å².